The van der Waals surface area contributed by atoms with Crippen molar-refractivity contribution in [2.45, 2.75) is 19.3 Å². The molecule has 3 heteroatoms. The van der Waals surface area contributed by atoms with E-state index in [9.17, 15) is 4.79 Å². The third kappa shape index (κ3) is 4.96. The molecule has 1 heterocycles. The van der Waals surface area contributed by atoms with Crippen LogP contribution in [0.4, 0.5) is 0 Å². The van der Waals surface area contributed by atoms with Crippen LogP contribution < -0.4 is 5.32 Å². The van der Waals surface area contributed by atoms with Crippen molar-refractivity contribution < 1.29 is 9.21 Å². The molecule has 3 rings (SSSR count). The molecule has 0 unspecified atom stereocenters. The molecule has 132 valence electrons. The fraction of sp³-hybridized carbons (Fsp3) is 0.174. The summed E-state index contributed by atoms with van der Waals surface area (Å²) in [5.74, 6) is 1.66. The van der Waals surface area contributed by atoms with E-state index in [0.29, 0.717) is 12.3 Å². The van der Waals surface area contributed by atoms with Gasteiger partial charge >= 0.3 is 0 Å². The van der Waals surface area contributed by atoms with Gasteiger partial charge in [0.15, 0.2) is 0 Å². The smallest absolute Gasteiger partial charge is 0.244 e. The average Bonchev–Trinajstić information content (AvgIpc) is 3.10. The van der Waals surface area contributed by atoms with Gasteiger partial charge in [0.25, 0.3) is 0 Å². The van der Waals surface area contributed by atoms with Crippen molar-refractivity contribution >= 4 is 12.0 Å². The molecule has 2 aromatic carbocycles. The summed E-state index contributed by atoms with van der Waals surface area (Å²) in [7, 11) is 0. The standard InChI is InChI=1S/C23H23NO2/c1-18-12-13-21(26-18)14-15-23(25)24-17-16-22(19-8-4-2-5-9-19)20-10-6-3-7-11-20/h2-15,22H,16-17H2,1H3,(H,24,25)/b15-14+. The first-order valence-electron chi connectivity index (χ1n) is 8.84. The van der Waals surface area contributed by atoms with Gasteiger partial charge < -0.3 is 9.73 Å². The Labute approximate surface area is 154 Å². The number of carbonyl (C=O) groups is 1. The lowest BCUT2D eigenvalue weighted by Crippen LogP contribution is -2.23. The first-order chi connectivity index (χ1) is 12.7. The number of benzene rings is 2. The van der Waals surface area contributed by atoms with Crippen LogP contribution >= 0.6 is 0 Å². The maximum Gasteiger partial charge on any atom is 0.244 e. The average molecular weight is 345 g/mol. The van der Waals surface area contributed by atoms with Gasteiger partial charge in [-0.15, -0.1) is 0 Å². The number of hydrogen-bond donors (Lipinski definition) is 1. The summed E-state index contributed by atoms with van der Waals surface area (Å²) in [6, 6.07) is 24.5. The highest BCUT2D eigenvalue weighted by Crippen LogP contribution is 2.27. The third-order valence-electron chi connectivity index (χ3n) is 4.30. The molecule has 0 spiro atoms. The Morgan fingerprint density at radius 1 is 0.962 bits per heavy atom. The molecule has 3 aromatic rings. The molecule has 1 amide bonds. The van der Waals surface area contributed by atoms with E-state index in [0.717, 1.165) is 12.2 Å². The highest BCUT2D eigenvalue weighted by Gasteiger charge is 2.13. The molecule has 1 aromatic heterocycles. The zero-order valence-electron chi connectivity index (χ0n) is 14.9. The van der Waals surface area contributed by atoms with Gasteiger partial charge in [-0.2, -0.15) is 0 Å². The summed E-state index contributed by atoms with van der Waals surface area (Å²) in [6.07, 6.45) is 4.04. The Kier molecular flexibility index (Phi) is 6.05. The van der Waals surface area contributed by atoms with Crippen LogP contribution in [0.15, 0.2) is 83.3 Å². The van der Waals surface area contributed by atoms with Gasteiger partial charge in [0, 0.05) is 18.5 Å². The predicted octanol–water partition coefficient (Wildman–Crippen LogP) is 4.94. The van der Waals surface area contributed by atoms with E-state index in [1.807, 2.05) is 31.2 Å². The number of amides is 1. The molecule has 0 fully saturated rings. The molecule has 0 aliphatic carbocycles. The van der Waals surface area contributed by atoms with E-state index >= 15 is 0 Å². The van der Waals surface area contributed by atoms with Crippen molar-refractivity contribution in [1.29, 1.82) is 0 Å². The Hall–Kier alpha value is -3.07. The summed E-state index contributed by atoms with van der Waals surface area (Å²) >= 11 is 0. The maximum atomic E-state index is 12.0. The van der Waals surface area contributed by atoms with Crippen LogP contribution in [0, 0.1) is 6.92 Å². The van der Waals surface area contributed by atoms with Crippen molar-refractivity contribution in [1.82, 2.24) is 5.32 Å². The van der Waals surface area contributed by atoms with Crippen molar-refractivity contribution in [2.75, 3.05) is 6.54 Å². The Morgan fingerprint density at radius 3 is 2.12 bits per heavy atom. The molecule has 0 atom stereocenters. The van der Waals surface area contributed by atoms with E-state index < -0.39 is 0 Å². The zero-order valence-corrected chi connectivity index (χ0v) is 14.9. The molecule has 0 bridgehead atoms. The highest BCUT2D eigenvalue weighted by atomic mass is 16.3. The second-order valence-corrected chi connectivity index (χ2v) is 6.24. The van der Waals surface area contributed by atoms with Crippen molar-refractivity contribution in [2.24, 2.45) is 0 Å². The van der Waals surface area contributed by atoms with Crippen LogP contribution in [-0.2, 0) is 4.79 Å². The Morgan fingerprint density at radius 2 is 1.58 bits per heavy atom. The second-order valence-electron chi connectivity index (χ2n) is 6.24. The lowest BCUT2D eigenvalue weighted by atomic mass is 9.88. The molecule has 0 saturated carbocycles. The normalized spacial score (nSPS) is 11.2. The molecule has 0 aliphatic heterocycles. The number of carbonyl (C=O) groups excluding carboxylic acids is 1. The summed E-state index contributed by atoms with van der Waals surface area (Å²) in [4.78, 5) is 12.0. The first-order valence-corrected chi connectivity index (χ1v) is 8.84. The first kappa shape index (κ1) is 17.7. The molecule has 26 heavy (non-hydrogen) atoms. The van der Waals surface area contributed by atoms with E-state index in [-0.39, 0.29) is 11.8 Å². The molecule has 0 saturated heterocycles. The van der Waals surface area contributed by atoms with Gasteiger partial charge in [-0.05, 0) is 42.7 Å². The van der Waals surface area contributed by atoms with Crippen molar-refractivity contribution in [3.63, 3.8) is 0 Å². The molecule has 1 N–H and O–H groups in total. The Bertz CT molecular complexity index is 811. The quantitative estimate of drug-likeness (QED) is 0.616. The highest BCUT2D eigenvalue weighted by molar-refractivity contribution is 5.91. The maximum absolute atomic E-state index is 12.0. The van der Waals surface area contributed by atoms with Crippen LogP contribution in [0.1, 0.15) is 35.0 Å². The number of aryl methyl sites for hydroxylation is 1. The molecule has 3 nitrogen and oxygen atoms in total. The molecular weight excluding hydrogens is 322 g/mol. The number of nitrogens with one attached hydrogen (secondary N) is 1. The SMILES string of the molecule is Cc1ccc(/C=C/C(=O)NCCC(c2ccccc2)c2ccccc2)o1. The minimum absolute atomic E-state index is 0.112. The summed E-state index contributed by atoms with van der Waals surface area (Å²) in [5, 5.41) is 2.96. The monoisotopic (exact) mass is 345 g/mol. The lowest BCUT2D eigenvalue weighted by Gasteiger charge is -2.18. The number of furan rings is 1. The van der Waals surface area contributed by atoms with Crippen LogP contribution in [0.2, 0.25) is 0 Å². The number of rotatable bonds is 7. The second kappa shape index (κ2) is 8.86. The van der Waals surface area contributed by atoms with Gasteiger partial charge in [0.1, 0.15) is 11.5 Å². The largest absolute Gasteiger partial charge is 0.462 e. The van der Waals surface area contributed by atoms with Crippen molar-refractivity contribution in [3.05, 3.63) is 102 Å². The van der Waals surface area contributed by atoms with Crippen LogP contribution in [0.5, 0.6) is 0 Å². The predicted molar refractivity (Wildman–Crippen MR) is 105 cm³/mol. The molecular formula is C23H23NO2. The van der Waals surface area contributed by atoms with Crippen LogP contribution in [0.25, 0.3) is 6.08 Å². The fourth-order valence-corrected chi connectivity index (χ4v) is 3.00. The van der Waals surface area contributed by atoms with Crippen molar-refractivity contribution in [3.8, 4) is 0 Å². The van der Waals surface area contributed by atoms with Crippen LogP contribution in [0.3, 0.4) is 0 Å². The zero-order chi connectivity index (χ0) is 18.2. The molecule has 0 aliphatic rings. The lowest BCUT2D eigenvalue weighted by molar-refractivity contribution is -0.116. The summed E-state index contributed by atoms with van der Waals surface area (Å²) < 4.78 is 5.43. The van der Waals surface area contributed by atoms with E-state index in [2.05, 4.69) is 53.8 Å². The topological polar surface area (TPSA) is 42.2 Å². The van der Waals surface area contributed by atoms with Gasteiger partial charge in [-0.3, -0.25) is 4.79 Å². The minimum Gasteiger partial charge on any atom is -0.462 e. The molecule has 0 radical (unpaired) electrons. The number of hydrogen-bond acceptors (Lipinski definition) is 2. The fourth-order valence-electron chi connectivity index (χ4n) is 3.00. The van der Waals surface area contributed by atoms with Gasteiger partial charge in [0.05, 0.1) is 0 Å². The summed E-state index contributed by atoms with van der Waals surface area (Å²) in [6.45, 7) is 2.49. The van der Waals surface area contributed by atoms with Gasteiger partial charge in [0.2, 0.25) is 5.91 Å². The van der Waals surface area contributed by atoms with Gasteiger partial charge in [-0.25, -0.2) is 0 Å². The van der Waals surface area contributed by atoms with E-state index in [1.54, 1.807) is 6.08 Å². The summed E-state index contributed by atoms with van der Waals surface area (Å²) in [5.41, 5.74) is 2.52. The Balaban J connectivity index is 1.60. The van der Waals surface area contributed by atoms with E-state index in [4.69, 9.17) is 4.42 Å². The van der Waals surface area contributed by atoms with Gasteiger partial charge in [-0.1, -0.05) is 60.7 Å². The van der Waals surface area contributed by atoms with E-state index in [1.165, 1.54) is 17.2 Å². The van der Waals surface area contributed by atoms with Crippen LogP contribution in [-0.4, -0.2) is 12.5 Å². The third-order valence-corrected chi connectivity index (χ3v) is 4.30. The minimum atomic E-state index is -0.112.